The van der Waals surface area contributed by atoms with Gasteiger partial charge in [0.05, 0.1) is 0 Å². The monoisotopic (exact) mass is 245 g/mol. The molecule has 78 valence electrons. The Bertz CT molecular complexity index is 488. The molecule has 0 aliphatic heterocycles. The van der Waals surface area contributed by atoms with Crippen LogP contribution in [-0.4, -0.2) is 8.42 Å². The summed E-state index contributed by atoms with van der Waals surface area (Å²) in [6, 6.07) is 0.144. The van der Waals surface area contributed by atoms with Crippen molar-refractivity contribution in [1.29, 1.82) is 0 Å². The molecule has 0 heterocycles. The average molecular weight is 246 g/mol. The minimum atomic E-state index is -4.60. The Morgan fingerprint density at radius 1 is 1.21 bits per heavy atom. The predicted molar refractivity (Wildman–Crippen MR) is 42.7 cm³/mol. The molecular weight excluding hydrogens is 243 g/mol. The highest BCUT2D eigenvalue weighted by molar-refractivity contribution is 7.89. The van der Waals surface area contributed by atoms with Crippen LogP contribution in [0.25, 0.3) is 0 Å². The fraction of sp³-hybridized carbons (Fsp3) is 0. The number of benzene rings is 1. The van der Waals surface area contributed by atoms with Crippen LogP contribution in [0.4, 0.5) is 13.2 Å². The van der Waals surface area contributed by atoms with Crippen LogP contribution in [0.1, 0.15) is 0 Å². The third-order valence-corrected chi connectivity index (χ3v) is 2.65. The summed E-state index contributed by atoms with van der Waals surface area (Å²) in [7, 11) is -4.60. The van der Waals surface area contributed by atoms with Crippen molar-refractivity contribution in [3.8, 4) is 0 Å². The summed E-state index contributed by atoms with van der Waals surface area (Å²) in [5, 5.41) is 3.37. The van der Waals surface area contributed by atoms with Gasteiger partial charge >= 0.3 is 0 Å². The van der Waals surface area contributed by atoms with Crippen molar-refractivity contribution in [1.82, 2.24) is 0 Å². The second-order valence-electron chi connectivity index (χ2n) is 2.34. The van der Waals surface area contributed by atoms with Gasteiger partial charge in [-0.2, -0.15) is 0 Å². The molecule has 0 aliphatic carbocycles. The van der Waals surface area contributed by atoms with Gasteiger partial charge in [-0.1, -0.05) is 11.6 Å². The fourth-order valence-corrected chi connectivity index (χ4v) is 1.70. The molecule has 1 aromatic carbocycles. The summed E-state index contributed by atoms with van der Waals surface area (Å²) in [5.74, 6) is -4.74. The lowest BCUT2D eigenvalue weighted by atomic mass is 10.3. The van der Waals surface area contributed by atoms with Crippen molar-refractivity contribution >= 4 is 21.6 Å². The molecule has 0 unspecified atom stereocenters. The van der Waals surface area contributed by atoms with E-state index in [0.29, 0.717) is 0 Å². The van der Waals surface area contributed by atoms with Crippen LogP contribution in [0.15, 0.2) is 11.0 Å². The van der Waals surface area contributed by atoms with Gasteiger partial charge in [-0.3, -0.25) is 0 Å². The van der Waals surface area contributed by atoms with Crippen molar-refractivity contribution in [2.75, 3.05) is 0 Å². The minimum Gasteiger partial charge on any atom is -0.224 e. The van der Waals surface area contributed by atoms with Crippen LogP contribution in [0.2, 0.25) is 5.02 Å². The van der Waals surface area contributed by atoms with E-state index in [1.807, 2.05) is 0 Å². The molecule has 0 bridgehead atoms. The van der Waals surface area contributed by atoms with E-state index < -0.39 is 37.4 Å². The summed E-state index contributed by atoms with van der Waals surface area (Å²) in [6.07, 6.45) is 0. The largest absolute Gasteiger partial charge is 0.243 e. The summed E-state index contributed by atoms with van der Waals surface area (Å²) in [6.45, 7) is 0. The van der Waals surface area contributed by atoms with Crippen LogP contribution < -0.4 is 5.14 Å². The van der Waals surface area contributed by atoms with Gasteiger partial charge in [-0.15, -0.1) is 0 Å². The summed E-state index contributed by atoms with van der Waals surface area (Å²) in [4.78, 5) is -1.44. The van der Waals surface area contributed by atoms with Crippen molar-refractivity contribution < 1.29 is 21.6 Å². The van der Waals surface area contributed by atoms with Crippen molar-refractivity contribution in [2.45, 2.75) is 4.90 Å². The first-order valence-corrected chi connectivity index (χ1v) is 5.03. The van der Waals surface area contributed by atoms with Gasteiger partial charge in [-0.25, -0.2) is 26.7 Å². The number of hydrogen-bond acceptors (Lipinski definition) is 2. The van der Waals surface area contributed by atoms with E-state index in [1.165, 1.54) is 0 Å². The SMILES string of the molecule is NS(=O)(=O)c1c(F)cc(F)c(Cl)c1F. The maximum Gasteiger partial charge on any atom is 0.243 e. The third kappa shape index (κ3) is 1.84. The van der Waals surface area contributed by atoms with Gasteiger partial charge in [0.2, 0.25) is 10.0 Å². The van der Waals surface area contributed by atoms with E-state index >= 15 is 0 Å². The highest BCUT2D eigenvalue weighted by atomic mass is 35.5. The average Bonchev–Trinajstić information content (AvgIpc) is 1.97. The normalized spacial score (nSPS) is 11.8. The number of sulfonamides is 1. The topological polar surface area (TPSA) is 60.2 Å². The van der Waals surface area contributed by atoms with Crippen LogP contribution in [0.3, 0.4) is 0 Å². The molecule has 0 fully saturated rings. The van der Waals surface area contributed by atoms with E-state index in [9.17, 15) is 21.6 Å². The Morgan fingerprint density at radius 3 is 2.14 bits per heavy atom. The van der Waals surface area contributed by atoms with E-state index in [0.717, 1.165) is 0 Å². The molecule has 0 saturated carbocycles. The van der Waals surface area contributed by atoms with Crippen molar-refractivity contribution in [2.24, 2.45) is 5.14 Å². The van der Waals surface area contributed by atoms with Crippen LogP contribution >= 0.6 is 11.6 Å². The molecule has 0 spiro atoms. The maximum atomic E-state index is 12.9. The first kappa shape index (κ1) is 11.3. The van der Waals surface area contributed by atoms with Crippen molar-refractivity contribution in [3.63, 3.8) is 0 Å². The molecule has 14 heavy (non-hydrogen) atoms. The Balaban J connectivity index is 3.70. The van der Waals surface area contributed by atoms with Crippen LogP contribution in [-0.2, 0) is 10.0 Å². The number of rotatable bonds is 1. The van der Waals surface area contributed by atoms with Gasteiger partial charge in [0, 0.05) is 6.07 Å². The minimum absolute atomic E-state index is 0.144. The van der Waals surface area contributed by atoms with Crippen molar-refractivity contribution in [3.05, 3.63) is 28.5 Å². The molecule has 3 nitrogen and oxygen atoms in total. The molecule has 0 aliphatic rings. The standard InChI is InChI=1S/C6H3ClF3NO2S/c7-4-2(8)1-3(9)6(5(4)10)14(11,12)13/h1H,(H2,11,12,13). The molecule has 0 aromatic heterocycles. The smallest absolute Gasteiger partial charge is 0.224 e. The predicted octanol–water partition coefficient (Wildman–Crippen LogP) is 1.40. The lowest BCUT2D eigenvalue weighted by Gasteiger charge is -2.04. The number of primary sulfonamides is 1. The van der Waals surface area contributed by atoms with E-state index in [2.05, 4.69) is 5.14 Å². The van der Waals surface area contributed by atoms with E-state index in [4.69, 9.17) is 11.6 Å². The fourth-order valence-electron chi connectivity index (χ4n) is 0.810. The lowest BCUT2D eigenvalue weighted by Crippen LogP contribution is -2.16. The Hall–Kier alpha value is -0.790. The van der Waals surface area contributed by atoms with Crippen LogP contribution in [0, 0.1) is 17.5 Å². The molecule has 8 heteroatoms. The molecular formula is C6H3ClF3NO2S. The molecule has 2 N–H and O–H groups in total. The molecule has 1 rings (SSSR count). The van der Waals surface area contributed by atoms with Gasteiger partial charge < -0.3 is 0 Å². The zero-order valence-corrected chi connectivity index (χ0v) is 7.96. The quantitative estimate of drug-likeness (QED) is 0.601. The second kappa shape index (κ2) is 3.41. The summed E-state index contributed by atoms with van der Waals surface area (Å²) in [5.41, 5.74) is 0. The number of hydrogen-bond donors (Lipinski definition) is 1. The Morgan fingerprint density at radius 2 is 1.71 bits per heavy atom. The van der Waals surface area contributed by atoms with Gasteiger partial charge in [0.15, 0.2) is 10.7 Å². The molecule has 0 radical (unpaired) electrons. The highest BCUT2D eigenvalue weighted by Gasteiger charge is 2.25. The second-order valence-corrected chi connectivity index (χ2v) is 4.22. The van der Waals surface area contributed by atoms with Gasteiger partial charge in [0.1, 0.15) is 16.7 Å². The molecule has 0 amide bonds. The van der Waals surface area contributed by atoms with Crippen LogP contribution in [0.5, 0.6) is 0 Å². The first-order valence-electron chi connectivity index (χ1n) is 3.11. The lowest BCUT2D eigenvalue weighted by molar-refractivity contribution is 0.498. The van der Waals surface area contributed by atoms with E-state index in [1.54, 1.807) is 0 Å². The zero-order chi connectivity index (χ0) is 11.1. The summed E-state index contributed by atoms with van der Waals surface area (Å²) >= 11 is 5.02. The number of halogens is 4. The summed E-state index contributed by atoms with van der Waals surface area (Å²) < 4.78 is 59.6. The highest BCUT2D eigenvalue weighted by Crippen LogP contribution is 2.26. The maximum absolute atomic E-state index is 12.9. The first-order chi connectivity index (χ1) is 6.25. The molecule has 0 atom stereocenters. The van der Waals surface area contributed by atoms with Gasteiger partial charge in [-0.05, 0) is 0 Å². The molecule has 0 saturated heterocycles. The zero-order valence-electron chi connectivity index (χ0n) is 6.39. The third-order valence-electron chi connectivity index (χ3n) is 1.36. The Kier molecular flexibility index (Phi) is 2.75. The molecule has 1 aromatic rings. The van der Waals surface area contributed by atoms with Gasteiger partial charge in [0.25, 0.3) is 0 Å². The van der Waals surface area contributed by atoms with E-state index in [-0.39, 0.29) is 6.07 Å². The Labute approximate surface area is 82.3 Å². The number of nitrogens with two attached hydrogens (primary N) is 1.